The predicted octanol–water partition coefficient (Wildman–Crippen LogP) is 1.78. The first kappa shape index (κ1) is 15.9. The number of pyridine rings is 1. The third kappa shape index (κ3) is 3.99. The summed E-state index contributed by atoms with van der Waals surface area (Å²) in [5, 5.41) is 4.37. The molecule has 0 fully saturated rings. The van der Waals surface area contributed by atoms with Crippen molar-refractivity contribution in [1.29, 1.82) is 0 Å². The van der Waals surface area contributed by atoms with Gasteiger partial charge in [0, 0.05) is 24.6 Å². The molecule has 114 valence electrons. The molecule has 2 heterocycles. The molecule has 0 spiro atoms. The second kappa shape index (κ2) is 6.50. The van der Waals surface area contributed by atoms with Crippen molar-refractivity contribution in [3.8, 4) is 11.4 Å². The first-order valence-electron chi connectivity index (χ1n) is 6.26. The van der Waals surface area contributed by atoms with Gasteiger partial charge in [-0.1, -0.05) is 18.5 Å². The zero-order valence-corrected chi connectivity index (χ0v) is 13.2. The second-order valence-corrected chi connectivity index (χ2v) is 6.69. The van der Waals surface area contributed by atoms with E-state index in [0.29, 0.717) is 17.3 Å². The van der Waals surface area contributed by atoms with E-state index in [-0.39, 0.29) is 17.7 Å². The highest BCUT2D eigenvalue weighted by atomic mass is 35.5. The molecule has 0 N–H and O–H groups in total. The van der Waals surface area contributed by atoms with Crippen LogP contribution in [0, 0.1) is 0 Å². The van der Waals surface area contributed by atoms with E-state index in [1.54, 1.807) is 12.1 Å². The van der Waals surface area contributed by atoms with E-state index in [9.17, 15) is 8.42 Å². The maximum atomic E-state index is 11.8. The Bertz CT molecular complexity index is 713. The Labute approximate surface area is 127 Å². The minimum atomic E-state index is -3.50. The second-order valence-electron chi connectivity index (χ2n) is 4.40. The Morgan fingerprint density at radius 3 is 2.71 bits per heavy atom. The van der Waals surface area contributed by atoms with Crippen molar-refractivity contribution in [2.45, 2.75) is 25.2 Å². The van der Waals surface area contributed by atoms with Crippen molar-refractivity contribution in [1.82, 2.24) is 19.7 Å². The van der Waals surface area contributed by atoms with Crippen LogP contribution in [0.4, 0.5) is 0 Å². The molecule has 21 heavy (non-hydrogen) atoms. The molecule has 0 aliphatic rings. The van der Waals surface area contributed by atoms with Gasteiger partial charge in [-0.05, 0) is 18.6 Å². The van der Waals surface area contributed by atoms with Crippen LogP contribution >= 0.6 is 11.6 Å². The van der Waals surface area contributed by atoms with Gasteiger partial charge in [-0.15, -0.1) is 5.10 Å². The Balaban J connectivity index is 2.38. The Hall–Kier alpha value is -1.51. The zero-order valence-electron chi connectivity index (χ0n) is 11.7. The summed E-state index contributed by atoms with van der Waals surface area (Å²) in [5.74, 6) is 0.264. The first-order valence-corrected chi connectivity index (χ1v) is 8.53. The number of aromatic nitrogens is 4. The zero-order chi connectivity index (χ0) is 15.5. The lowest BCUT2D eigenvalue weighted by atomic mass is 10.3. The SMILES string of the molecule is CCCOCn1nc(-c2ccc(Cl)nc2)nc1S(C)(=O)=O. The lowest BCUT2D eigenvalue weighted by molar-refractivity contribution is 0.0627. The Morgan fingerprint density at radius 2 is 2.14 bits per heavy atom. The molecular formula is C12H15ClN4O3S. The molecule has 0 saturated heterocycles. The van der Waals surface area contributed by atoms with Crippen molar-refractivity contribution in [2.24, 2.45) is 0 Å². The fraction of sp³-hybridized carbons (Fsp3) is 0.417. The fourth-order valence-electron chi connectivity index (χ4n) is 1.61. The van der Waals surface area contributed by atoms with Crippen molar-refractivity contribution < 1.29 is 13.2 Å². The minimum absolute atomic E-state index is 0.0320. The summed E-state index contributed by atoms with van der Waals surface area (Å²) in [5.41, 5.74) is 0.582. The van der Waals surface area contributed by atoms with E-state index in [0.717, 1.165) is 12.7 Å². The Morgan fingerprint density at radius 1 is 1.38 bits per heavy atom. The van der Waals surface area contributed by atoms with Gasteiger partial charge in [-0.2, -0.15) is 4.98 Å². The molecule has 2 aromatic rings. The third-order valence-corrected chi connectivity index (χ3v) is 3.71. The van der Waals surface area contributed by atoms with Gasteiger partial charge in [0.05, 0.1) is 0 Å². The number of ether oxygens (including phenoxy) is 1. The first-order chi connectivity index (χ1) is 9.91. The molecular weight excluding hydrogens is 316 g/mol. The summed E-state index contributed by atoms with van der Waals surface area (Å²) < 4.78 is 30.1. The quantitative estimate of drug-likeness (QED) is 0.592. The van der Waals surface area contributed by atoms with Crippen molar-refractivity contribution >= 4 is 21.4 Å². The van der Waals surface area contributed by atoms with Crippen molar-refractivity contribution in [3.63, 3.8) is 0 Å². The van der Waals surface area contributed by atoms with Gasteiger partial charge < -0.3 is 4.74 Å². The van der Waals surface area contributed by atoms with Crippen LogP contribution in [0.25, 0.3) is 11.4 Å². The topological polar surface area (TPSA) is 87.0 Å². The van der Waals surface area contributed by atoms with Gasteiger partial charge >= 0.3 is 0 Å². The molecule has 0 aliphatic heterocycles. The van der Waals surface area contributed by atoms with E-state index in [1.807, 2.05) is 6.92 Å². The number of nitrogens with zero attached hydrogens (tertiary/aromatic N) is 4. The number of sulfone groups is 1. The molecule has 0 bridgehead atoms. The normalized spacial score (nSPS) is 11.8. The third-order valence-electron chi connectivity index (χ3n) is 2.52. The van der Waals surface area contributed by atoms with E-state index < -0.39 is 9.84 Å². The summed E-state index contributed by atoms with van der Waals surface area (Å²) in [7, 11) is -3.50. The smallest absolute Gasteiger partial charge is 0.248 e. The molecule has 7 nitrogen and oxygen atoms in total. The fourth-order valence-corrected chi connectivity index (χ4v) is 2.45. The summed E-state index contributed by atoms with van der Waals surface area (Å²) in [6.45, 7) is 2.51. The molecule has 0 saturated carbocycles. The van der Waals surface area contributed by atoms with Crippen LogP contribution in [0.15, 0.2) is 23.5 Å². The minimum Gasteiger partial charge on any atom is -0.359 e. The number of hydrogen-bond acceptors (Lipinski definition) is 6. The molecule has 2 rings (SSSR count). The molecule has 0 amide bonds. The summed E-state index contributed by atoms with van der Waals surface area (Å²) in [4.78, 5) is 7.99. The van der Waals surface area contributed by atoms with Gasteiger partial charge in [-0.25, -0.2) is 18.1 Å². The van der Waals surface area contributed by atoms with Crippen LogP contribution in [-0.2, 0) is 21.3 Å². The lowest BCUT2D eigenvalue weighted by Crippen LogP contribution is -2.13. The van der Waals surface area contributed by atoms with E-state index >= 15 is 0 Å². The largest absolute Gasteiger partial charge is 0.359 e. The molecule has 0 radical (unpaired) electrons. The lowest BCUT2D eigenvalue weighted by Gasteiger charge is -2.04. The molecule has 0 unspecified atom stereocenters. The molecule has 0 aliphatic carbocycles. The molecule has 0 atom stereocenters. The van der Waals surface area contributed by atoms with Crippen LogP contribution < -0.4 is 0 Å². The highest BCUT2D eigenvalue weighted by Gasteiger charge is 2.20. The standard InChI is InChI=1S/C12H15ClN4O3S/c1-3-6-20-8-17-12(21(2,18)19)15-11(16-17)9-4-5-10(13)14-7-9/h4-5,7H,3,6,8H2,1-2H3. The van der Waals surface area contributed by atoms with Gasteiger partial charge in [0.15, 0.2) is 5.82 Å². The summed E-state index contributed by atoms with van der Waals surface area (Å²) in [6.07, 6.45) is 3.40. The van der Waals surface area contributed by atoms with Crippen molar-refractivity contribution in [2.75, 3.05) is 12.9 Å². The van der Waals surface area contributed by atoms with E-state index in [1.165, 1.54) is 10.9 Å². The average Bonchev–Trinajstić information content (AvgIpc) is 2.84. The number of hydrogen-bond donors (Lipinski definition) is 0. The number of rotatable bonds is 6. The maximum absolute atomic E-state index is 11.8. The van der Waals surface area contributed by atoms with Crippen LogP contribution in [-0.4, -0.2) is 41.0 Å². The number of halogens is 1. The van der Waals surface area contributed by atoms with Crippen LogP contribution in [0.5, 0.6) is 0 Å². The van der Waals surface area contributed by atoms with Crippen LogP contribution in [0.2, 0.25) is 5.15 Å². The van der Waals surface area contributed by atoms with Gasteiger partial charge in [0.2, 0.25) is 15.0 Å². The highest BCUT2D eigenvalue weighted by molar-refractivity contribution is 7.90. The van der Waals surface area contributed by atoms with Gasteiger partial charge in [0.1, 0.15) is 11.9 Å². The molecule has 9 heteroatoms. The monoisotopic (exact) mass is 330 g/mol. The average molecular weight is 331 g/mol. The highest BCUT2D eigenvalue weighted by Crippen LogP contribution is 2.18. The van der Waals surface area contributed by atoms with Gasteiger partial charge in [0.25, 0.3) is 0 Å². The van der Waals surface area contributed by atoms with Gasteiger partial charge in [-0.3, -0.25) is 0 Å². The van der Waals surface area contributed by atoms with E-state index in [2.05, 4.69) is 15.1 Å². The Kier molecular flexibility index (Phi) is 4.92. The van der Waals surface area contributed by atoms with Crippen molar-refractivity contribution in [3.05, 3.63) is 23.5 Å². The maximum Gasteiger partial charge on any atom is 0.248 e. The molecule has 2 aromatic heterocycles. The summed E-state index contributed by atoms with van der Waals surface area (Å²) >= 11 is 5.72. The summed E-state index contributed by atoms with van der Waals surface area (Å²) in [6, 6.07) is 3.26. The molecule has 0 aromatic carbocycles. The predicted molar refractivity (Wildman–Crippen MR) is 77.6 cm³/mol. The van der Waals surface area contributed by atoms with Crippen LogP contribution in [0.3, 0.4) is 0 Å². The van der Waals surface area contributed by atoms with Crippen LogP contribution in [0.1, 0.15) is 13.3 Å². The van der Waals surface area contributed by atoms with E-state index in [4.69, 9.17) is 16.3 Å².